The molecule has 172 valence electrons. The molecule has 0 bridgehead atoms. The Kier molecular flexibility index (Phi) is 7.34. The summed E-state index contributed by atoms with van der Waals surface area (Å²) in [7, 11) is 0. The first kappa shape index (κ1) is 22.9. The van der Waals surface area contributed by atoms with Gasteiger partial charge in [-0.15, -0.1) is 11.3 Å². The number of carbonyl (C=O) groups excluding carboxylic acids is 2. The van der Waals surface area contributed by atoms with Crippen LogP contribution >= 0.6 is 11.3 Å². The van der Waals surface area contributed by atoms with E-state index in [-0.39, 0.29) is 11.8 Å². The van der Waals surface area contributed by atoms with E-state index >= 15 is 0 Å². The average molecular weight is 464 g/mol. The van der Waals surface area contributed by atoms with Crippen LogP contribution in [0.5, 0.6) is 0 Å². The molecule has 0 atom stereocenters. The molecule has 0 saturated heterocycles. The summed E-state index contributed by atoms with van der Waals surface area (Å²) in [4.78, 5) is 37.9. The first-order valence-electron chi connectivity index (χ1n) is 11.4. The van der Waals surface area contributed by atoms with E-state index < -0.39 is 0 Å². The number of nitrogens with one attached hydrogen (secondary N) is 2. The third-order valence-electron chi connectivity index (χ3n) is 5.90. The number of carbonyl (C=O) groups is 2. The normalized spacial score (nSPS) is 12.7. The lowest BCUT2D eigenvalue weighted by molar-refractivity contribution is 0.0951. The average Bonchev–Trinajstić information content (AvgIpc) is 3.22. The third-order valence-corrected chi connectivity index (χ3v) is 7.11. The summed E-state index contributed by atoms with van der Waals surface area (Å²) in [5.74, 6) is 0.512. The fourth-order valence-corrected chi connectivity index (χ4v) is 5.37. The van der Waals surface area contributed by atoms with E-state index in [1.165, 1.54) is 22.4 Å². The molecule has 8 heteroatoms. The summed E-state index contributed by atoms with van der Waals surface area (Å²) < 4.78 is 0. The van der Waals surface area contributed by atoms with Crippen LogP contribution in [0.25, 0.3) is 0 Å². The van der Waals surface area contributed by atoms with Crippen LogP contribution in [0, 0.1) is 0 Å². The first-order valence-corrected chi connectivity index (χ1v) is 12.3. The molecule has 0 radical (unpaired) electrons. The van der Waals surface area contributed by atoms with Crippen molar-refractivity contribution in [1.29, 1.82) is 0 Å². The molecule has 0 spiro atoms. The van der Waals surface area contributed by atoms with Crippen molar-refractivity contribution < 1.29 is 9.59 Å². The van der Waals surface area contributed by atoms with Crippen LogP contribution in [0.3, 0.4) is 0 Å². The van der Waals surface area contributed by atoms with Crippen LogP contribution in [-0.2, 0) is 19.4 Å². The maximum atomic E-state index is 13.3. The Hall–Kier alpha value is -3.26. The largest absolute Gasteiger partial charge is 0.357 e. The van der Waals surface area contributed by atoms with Crippen LogP contribution in [0.4, 0.5) is 10.8 Å². The lowest BCUT2D eigenvalue weighted by Crippen LogP contribution is -2.26. The van der Waals surface area contributed by atoms with Gasteiger partial charge in [-0.1, -0.05) is 6.07 Å². The number of thiophene rings is 1. The van der Waals surface area contributed by atoms with Crippen molar-refractivity contribution in [3.63, 3.8) is 0 Å². The quantitative estimate of drug-likeness (QED) is 0.516. The zero-order valence-corrected chi connectivity index (χ0v) is 19.9. The van der Waals surface area contributed by atoms with Crippen molar-refractivity contribution >= 4 is 34.0 Å². The number of aromatic nitrogens is 2. The van der Waals surface area contributed by atoms with E-state index in [0.717, 1.165) is 55.7 Å². The van der Waals surface area contributed by atoms with Crippen molar-refractivity contribution in [2.45, 2.75) is 46.1 Å². The Morgan fingerprint density at radius 3 is 2.58 bits per heavy atom. The third kappa shape index (κ3) is 5.22. The van der Waals surface area contributed by atoms with Crippen molar-refractivity contribution in [1.82, 2.24) is 15.3 Å². The lowest BCUT2D eigenvalue weighted by Gasteiger charge is -2.19. The summed E-state index contributed by atoms with van der Waals surface area (Å²) in [6.07, 6.45) is 8.92. The van der Waals surface area contributed by atoms with Gasteiger partial charge in [0.1, 0.15) is 10.8 Å². The van der Waals surface area contributed by atoms with E-state index in [2.05, 4.69) is 39.3 Å². The number of fused-ring (bicyclic) bond motifs is 1. The van der Waals surface area contributed by atoms with Crippen LogP contribution in [0.1, 0.15) is 63.4 Å². The highest BCUT2D eigenvalue weighted by molar-refractivity contribution is 7.17. The van der Waals surface area contributed by atoms with Gasteiger partial charge in [-0.25, -0.2) is 4.98 Å². The van der Waals surface area contributed by atoms with E-state index in [4.69, 9.17) is 0 Å². The summed E-state index contributed by atoms with van der Waals surface area (Å²) in [5, 5.41) is 6.60. The molecule has 2 amide bonds. The number of aryl methyl sites for hydroxylation is 1. The van der Waals surface area contributed by atoms with Gasteiger partial charge in [0.25, 0.3) is 11.8 Å². The highest BCUT2D eigenvalue weighted by Crippen LogP contribution is 2.38. The molecule has 0 saturated carbocycles. The summed E-state index contributed by atoms with van der Waals surface area (Å²) in [6.45, 7) is 6.38. The second-order valence-corrected chi connectivity index (χ2v) is 9.10. The zero-order valence-electron chi connectivity index (χ0n) is 19.1. The number of hydrogen-bond acceptors (Lipinski definition) is 6. The fourth-order valence-electron chi connectivity index (χ4n) is 4.09. The molecule has 0 fully saturated rings. The number of rotatable bonds is 8. The number of hydrogen-bond donors (Lipinski definition) is 2. The maximum Gasteiger partial charge on any atom is 0.257 e. The second-order valence-electron chi connectivity index (χ2n) is 7.99. The SMILES string of the molecule is CCN(CC)c1ccc(CNC(=O)c2c(NC(=O)c3cccnc3)sc3c2CCCC3)cn1. The Balaban J connectivity index is 1.50. The van der Waals surface area contributed by atoms with Crippen LogP contribution in [0.15, 0.2) is 42.9 Å². The molecule has 1 aliphatic carbocycles. The molecular formula is C25H29N5O2S. The van der Waals surface area contributed by atoms with Gasteiger partial charge in [0.2, 0.25) is 0 Å². The number of nitrogens with zero attached hydrogens (tertiary/aromatic N) is 3. The lowest BCUT2D eigenvalue weighted by atomic mass is 9.95. The molecule has 2 N–H and O–H groups in total. The Morgan fingerprint density at radius 2 is 1.88 bits per heavy atom. The molecule has 3 aromatic rings. The van der Waals surface area contributed by atoms with Gasteiger partial charge in [0.05, 0.1) is 11.1 Å². The predicted molar refractivity (Wildman–Crippen MR) is 132 cm³/mol. The summed E-state index contributed by atoms with van der Waals surface area (Å²) >= 11 is 1.51. The van der Waals surface area contributed by atoms with Crippen LogP contribution in [-0.4, -0.2) is 34.9 Å². The molecule has 33 heavy (non-hydrogen) atoms. The van der Waals surface area contributed by atoms with Gasteiger partial charge in [0.15, 0.2) is 0 Å². The smallest absolute Gasteiger partial charge is 0.257 e. The van der Waals surface area contributed by atoms with Gasteiger partial charge in [0, 0.05) is 43.1 Å². The van der Waals surface area contributed by atoms with E-state index in [1.54, 1.807) is 18.3 Å². The van der Waals surface area contributed by atoms with Gasteiger partial charge < -0.3 is 15.5 Å². The standard InChI is InChI=1S/C25H29N5O2S/c1-3-30(4-2)21-12-11-17(14-27-21)15-28-24(32)22-19-9-5-6-10-20(19)33-25(22)29-23(31)18-8-7-13-26-16-18/h7-8,11-14,16H,3-6,9-10,15H2,1-2H3,(H,28,32)(H,29,31). The topological polar surface area (TPSA) is 87.2 Å². The van der Waals surface area contributed by atoms with Crippen molar-refractivity contribution in [2.24, 2.45) is 0 Å². The van der Waals surface area contributed by atoms with Gasteiger partial charge in [-0.2, -0.15) is 0 Å². The molecule has 0 aromatic carbocycles. The molecule has 7 nitrogen and oxygen atoms in total. The molecule has 4 rings (SSSR count). The highest BCUT2D eigenvalue weighted by atomic mass is 32.1. The van der Waals surface area contributed by atoms with E-state index in [9.17, 15) is 9.59 Å². The number of amides is 2. The molecule has 1 aliphatic rings. The second kappa shape index (κ2) is 10.6. The molecule has 3 aromatic heterocycles. The Morgan fingerprint density at radius 1 is 1.06 bits per heavy atom. The molecule has 0 aliphatic heterocycles. The first-order chi connectivity index (χ1) is 16.1. The van der Waals surface area contributed by atoms with E-state index in [1.807, 2.05) is 18.3 Å². The zero-order chi connectivity index (χ0) is 23.2. The minimum atomic E-state index is -0.257. The number of pyridine rings is 2. The van der Waals surface area contributed by atoms with Crippen molar-refractivity contribution in [3.05, 3.63) is 70.0 Å². The maximum absolute atomic E-state index is 13.3. The van der Waals surface area contributed by atoms with Crippen molar-refractivity contribution in [3.8, 4) is 0 Å². The van der Waals surface area contributed by atoms with E-state index in [0.29, 0.717) is 22.7 Å². The fraction of sp³-hybridized carbons (Fsp3) is 0.360. The highest BCUT2D eigenvalue weighted by Gasteiger charge is 2.26. The van der Waals surface area contributed by atoms with Gasteiger partial charge in [-0.3, -0.25) is 14.6 Å². The predicted octanol–water partition coefficient (Wildman–Crippen LogP) is 4.45. The Bertz CT molecular complexity index is 1110. The molecule has 3 heterocycles. The summed E-state index contributed by atoms with van der Waals surface area (Å²) in [5.41, 5.74) is 3.07. The van der Waals surface area contributed by atoms with Crippen LogP contribution < -0.4 is 15.5 Å². The van der Waals surface area contributed by atoms with Crippen LogP contribution in [0.2, 0.25) is 0 Å². The molecule has 0 unspecified atom stereocenters. The summed E-state index contributed by atoms with van der Waals surface area (Å²) in [6, 6.07) is 7.42. The Labute approximate surface area is 198 Å². The van der Waals surface area contributed by atoms with Crippen molar-refractivity contribution in [2.75, 3.05) is 23.3 Å². The monoisotopic (exact) mass is 463 g/mol. The number of anilines is 2. The molecular weight excluding hydrogens is 434 g/mol. The minimum absolute atomic E-state index is 0.163. The minimum Gasteiger partial charge on any atom is -0.357 e. The van der Waals surface area contributed by atoms with Gasteiger partial charge >= 0.3 is 0 Å². The van der Waals surface area contributed by atoms with Gasteiger partial charge in [-0.05, 0) is 68.9 Å².